The van der Waals surface area contributed by atoms with Gasteiger partial charge in [0.05, 0.1) is 17.7 Å². The van der Waals surface area contributed by atoms with Crippen LogP contribution < -0.4 is 14.4 Å². The van der Waals surface area contributed by atoms with Crippen molar-refractivity contribution in [1.82, 2.24) is 10.2 Å². The van der Waals surface area contributed by atoms with Gasteiger partial charge in [0.2, 0.25) is 11.8 Å². The third-order valence-electron chi connectivity index (χ3n) is 6.30. The highest BCUT2D eigenvalue weighted by atomic mass is 35.5. The van der Waals surface area contributed by atoms with Crippen molar-refractivity contribution < 1.29 is 22.7 Å². The van der Waals surface area contributed by atoms with Crippen molar-refractivity contribution in [2.24, 2.45) is 0 Å². The first-order chi connectivity index (χ1) is 19.0. The highest BCUT2D eigenvalue weighted by Gasteiger charge is 2.33. The molecule has 11 heteroatoms. The second kappa shape index (κ2) is 13.9. The van der Waals surface area contributed by atoms with Crippen LogP contribution in [-0.4, -0.2) is 51.4 Å². The number of anilines is 1. The van der Waals surface area contributed by atoms with Gasteiger partial charge >= 0.3 is 0 Å². The maximum absolute atomic E-state index is 14.0. The Morgan fingerprint density at radius 3 is 2.35 bits per heavy atom. The third kappa shape index (κ3) is 7.68. The molecule has 0 radical (unpaired) electrons. The molecule has 3 aromatic rings. The van der Waals surface area contributed by atoms with Crippen molar-refractivity contribution in [2.75, 3.05) is 24.5 Å². The van der Waals surface area contributed by atoms with E-state index in [-0.39, 0.29) is 23.0 Å². The summed E-state index contributed by atoms with van der Waals surface area (Å²) in [6, 6.07) is 16.7. The summed E-state index contributed by atoms with van der Waals surface area (Å²) >= 11 is 12.5. The average molecular weight is 607 g/mol. The van der Waals surface area contributed by atoms with Gasteiger partial charge in [-0.2, -0.15) is 0 Å². The fraction of sp³-hybridized carbons (Fsp3) is 0.310. The van der Waals surface area contributed by atoms with Crippen LogP contribution in [0, 0.1) is 6.92 Å². The summed E-state index contributed by atoms with van der Waals surface area (Å²) < 4.78 is 34.1. The Labute approximate surface area is 245 Å². The van der Waals surface area contributed by atoms with Gasteiger partial charge in [-0.15, -0.1) is 0 Å². The number of benzene rings is 3. The molecule has 0 aliphatic carbocycles. The lowest BCUT2D eigenvalue weighted by atomic mass is 10.1. The van der Waals surface area contributed by atoms with Crippen LogP contribution >= 0.6 is 23.2 Å². The zero-order valence-electron chi connectivity index (χ0n) is 22.9. The van der Waals surface area contributed by atoms with Crippen molar-refractivity contribution >= 4 is 50.7 Å². The van der Waals surface area contributed by atoms with Gasteiger partial charge in [-0.25, -0.2) is 8.42 Å². The SMILES string of the molecule is CCCNC(=O)[C@@H](C)N(Cc1ccc(Cl)cc1Cl)C(=O)CN(c1cccc(OC)c1)S(=O)(=O)c1ccc(C)cc1. The van der Waals surface area contributed by atoms with Gasteiger partial charge < -0.3 is 15.0 Å². The van der Waals surface area contributed by atoms with Gasteiger partial charge in [-0.1, -0.05) is 60.0 Å². The van der Waals surface area contributed by atoms with E-state index in [0.717, 1.165) is 9.87 Å². The molecule has 40 heavy (non-hydrogen) atoms. The van der Waals surface area contributed by atoms with Crippen LogP contribution in [0.25, 0.3) is 0 Å². The van der Waals surface area contributed by atoms with Gasteiger partial charge in [0, 0.05) is 29.2 Å². The molecule has 0 fully saturated rings. The molecular weight excluding hydrogens is 573 g/mol. The molecule has 0 aromatic heterocycles. The predicted molar refractivity (Wildman–Crippen MR) is 158 cm³/mol. The molecule has 3 rings (SSSR count). The Balaban J connectivity index is 2.06. The summed E-state index contributed by atoms with van der Waals surface area (Å²) in [4.78, 5) is 28.3. The third-order valence-corrected chi connectivity index (χ3v) is 8.68. The van der Waals surface area contributed by atoms with Gasteiger partial charge in [-0.3, -0.25) is 13.9 Å². The molecule has 0 aliphatic rings. The summed E-state index contributed by atoms with van der Waals surface area (Å²) in [6.45, 7) is 5.20. The lowest BCUT2D eigenvalue weighted by Crippen LogP contribution is -2.51. The van der Waals surface area contributed by atoms with Crippen LogP contribution in [0.2, 0.25) is 10.0 Å². The molecule has 0 heterocycles. The number of halogens is 2. The monoisotopic (exact) mass is 605 g/mol. The highest BCUT2D eigenvalue weighted by molar-refractivity contribution is 7.92. The molecule has 1 N–H and O–H groups in total. The standard InChI is InChI=1S/C29H33Cl2N3O5S/c1-5-15-32-29(36)21(3)33(18-22-11-12-23(30)16-27(22)31)28(35)19-34(24-7-6-8-25(17-24)39-4)40(37,38)26-13-9-20(2)10-14-26/h6-14,16-17,21H,5,15,18-19H2,1-4H3,(H,32,36)/t21-/m1/s1. The number of rotatable bonds is 12. The maximum Gasteiger partial charge on any atom is 0.264 e. The molecule has 0 bridgehead atoms. The molecule has 214 valence electrons. The quantitative estimate of drug-likeness (QED) is 0.296. The van der Waals surface area contributed by atoms with Crippen molar-refractivity contribution in [3.05, 3.63) is 87.9 Å². The summed E-state index contributed by atoms with van der Waals surface area (Å²) in [5, 5.41) is 3.55. The Morgan fingerprint density at radius 2 is 1.73 bits per heavy atom. The minimum atomic E-state index is -4.18. The largest absolute Gasteiger partial charge is 0.497 e. The Kier molecular flexibility index (Phi) is 10.8. The first-order valence-electron chi connectivity index (χ1n) is 12.7. The molecule has 8 nitrogen and oxygen atoms in total. The number of hydrogen-bond donors (Lipinski definition) is 1. The van der Waals surface area contributed by atoms with E-state index in [9.17, 15) is 18.0 Å². The van der Waals surface area contributed by atoms with Crippen LogP contribution in [0.3, 0.4) is 0 Å². The van der Waals surface area contributed by atoms with Gasteiger partial charge in [0.25, 0.3) is 10.0 Å². The van der Waals surface area contributed by atoms with Gasteiger partial charge in [0.1, 0.15) is 18.3 Å². The molecule has 1 atom stereocenters. The fourth-order valence-electron chi connectivity index (χ4n) is 3.94. The number of hydrogen-bond acceptors (Lipinski definition) is 5. The van der Waals surface area contributed by atoms with Crippen LogP contribution in [0.5, 0.6) is 5.75 Å². The minimum absolute atomic E-state index is 0.0229. The topological polar surface area (TPSA) is 96.0 Å². The van der Waals surface area contributed by atoms with Crippen LogP contribution in [0.1, 0.15) is 31.4 Å². The molecule has 2 amide bonds. The number of amides is 2. The summed E-state index contributed by atoms with van der Waals surface area (Å²) in [5.41, 5.74) is 1.69. The molecule has 0 unspecified atom stereocenters. The lowest BCUT2D eigenvalue weighted by Gasteiger charge is -2.32. The average Bonchev–Trinajstić information content (AvgIpc) is 2.93. The highest BCUT2D eigenvalue weighted by Crippen LogP contribution is 2.28. The number of carbonyl (C=O) groups excluding carboxylic acids is 2. The number of methoxy groups -OCH3 is 1. The smallest absolute Gasteiger partial charge is 0.264 e. The van der Waals surface area contributed by atoms with Crippen LogP contribution in [0.15, 0.2) is 71.6 Å². The van der Waals surface area contributed by atoms with Crippen molar-refractivity contribution in [1.29, 1.82) is 0 Å². The Bertz CT molecular complexity index is 1450. The number of aryl methyl sites for hydroxylation is 1. The maximum atomic E-state index is 14.0. The van der Waals surface area contributed by atoms with Crippen molar-refractivity contribution in [2.45, 2.75) is 44.7 Å². The minimum Gasteiger partial charge on any atom is -0.497 e. The summed E-state index contributed by atoms with van der Waals surface area (Å²) in [6.07, 6.45) is 0.716. The van der Waals surface area contributed by atoms with E-state index in [4.69, 9.17) is 27.9 Å². The van der Waals surface area contributed by atoms with E-state index in [2.05, 4.69) is 5.32 Å². The fourth-order valence-corrected chi connectivity index (χ4v) is 5.82. The van der Waals surface area contributed by atoms with Crippen LogP contribution in [0.4, 0.5) is 5.69 Å². The van der Waals surface area contributed by atoms with Crippen molar-refractivity contribution in [3.8, 4) is 5.75 Å². The summed E-state index contributed by atoms with van der Waals surface area (Å²) in [5.74, 6) is -0.538. The number of ether oxygens (including phenoxy) is 1. The number of nitrogens with zero attached hydrogens (tertiary/aromatic N) is 2. The normalized spacial score (nSPS) is 11.9. The van der Waals surface area contributed by atoms with E-state index < -0.39 is 28.5 Å². The van der Waals surface area contributed by atoms with E-state index in [1.54, 1.807) is 55.5 Å². The number of nitrogens with one attached hydrogen (secondary N) is 1. The first kappa shape index (κ1) is 31.3. The van der Waals surface area contributed by atoms with Crippen LogP contribution in [-0.2, 0) is 26.2 Å². The molecular formula is C29H33Cl2N3O5S. The summed E-state index contributed by atoms with van der Waals surface area (Å²) in [7, 11) is -2.72. The van der Waals surface area contributed by atoms with Crippen molar-refractivity contribution in [3.63, 3.8) is 0 Å². The Hall–Kier alpha value is -3.27. The second-order valence-corrected chi connectivity index (χ2v) is 12.0. The van der Waals surface area contributed by atoms with E-state index >= 15 is 0 Å². The molecule has 3 aromatic carbocycles. The molecule has 0 aliphatic heterocycles. The lowest BCUT2D eigenvalue weighted by molar-refractivity contribution is -0.139. The number of carbonyl (C=O) groups is 2. The molecule has 0 saturated carbocycles. The van der Waals surface area contributed by atoms with Gasteiger partial charge in [0.15, 0.2) is 0 Å². The van der Waals surface area contributed by atoms with E-state index in [0.29, 0.717) is 34.3 Å². The zero-order chi connectivity index (χ0) is 29.4. The van der Waals surface area contributed by atoms with Gasteiger partial charge in [-0.05, 0) is 62.2 Å². The molecule has 0 spiro atoms. The second-order valence-electron chi connectivity index (χ2n) is 9.25. The van der Waals surface area contributed by atoms with E-state index in [1.165, 1.54) is 30.2 Å². The predicted octanol–water partition coefficient (Wildman–Crippen LogP) is 5.45. The van der Waals surface area contributed by atoms with E-state index in [1.807, 2.05) is 13.8 Å². The molecule has 0 saturated heterocycles. The first-order valence-corrected chi connectivity index (χ1v) is 14.9. The Morgan fingerprint density at radius 1 is 1.02 bits per heavy atom. The number of sulfonamides is 1. The zero-order valence-corrected chi connectivity index (χ0v) is 25.2.